The van der Waals surface area contributed by atoms with Gasteiger partial charge in [-0.2, -0.15) is 9.61 Å². The number of hydrogen-bond donors (Lipinski definition) is 1. The molecule has 2 aromatic heterocycles. The first-order chi connectivity index (χ1) is 8.54. The monoisotopic (exact) mass is 249 g/mol. The largest absolute Gasteiger partial charge is 0.462 e. The third-order valence-electron chi connectivity index (χ3n) is 2.60. The molecule has 0 aliphatic carbocycles. The van der Waals surface area contributed by atoms with E-state index >= 15 is 0 Å². The average Bonchev–Trinajstić information content (AvgIpc) is 2.74. The van der Waals surface area contributed by atoms with Crippen LogP contribution in [0.25, 0.3) is 5.65 Å². The molecule has 2 rings (SSSR count). The summed E-state index contributed by atoms with van der Waals surface area (Å²) in [5, 5.41) is 4.18. The predicted molar refractivity (Wildman–Crippen MR) is 65.9 cm³/mol. The van der Waals surface area contributed by atoms with Gasteiger partial charge in [0.15, 0.2) is 0 Å². The van der Waals surface area contributed by atoms with Gasteiger partial charge in [-0.25, -0.2) is 4.79 Å². The number of nitrogens with one attached hydrogen (secondary N) is 1. The van der Waals surface area contributed by atoms with E-state index in [9.17, 15) is 9.59 Å². The summed E-state index contributed by atoms with van der Waals surface area (Å²) in [6, 6.07) is 1.79. The average molecular weight is 249 g/mol. The van der Waals surface area contributed by atoms with E-state index in [1.807, 2.05) is 13.8 Å². The van der Waals surface area contributed by atoms with Crippen molar-refractivity contribution in [1.29, 1.82) is 0 Å². The van der Waals surface area contributed by atoms with Gasteiger partial charge in [-0.1, -0.05) is 13.8 Å². The highest BCUT2D eigenvalue weighted by atomic mass is 16.5. The van der Waals surface area contributed by atoms with Crippen LogP contribution in [0.5, 0.6) is 0 Å². The lowest BCUT2D eigenvalue weighted by Crippen LogP contribution is -2.24. The highest BCUT2D eigenvalue weighted by Crippen LogP contribution is 2.12. The van der Waals surface area contributed by atoms with Crippen molar-refractivity contribution in [3.8, 4) is 0 Å². The van der Waals surface area contributed by atoms with E-state index in [1.54, 1.807) is 13.0 Å². The summed E-state index contributed by atoms with van der Waals surface area (Å²) in [7, 11) is 0. The molecule has 0 saturated carbocycles. The van der Waals surface area contributed by atoms with E-state index in [0.717, 1.165) is 5.69 Å². The molecule has 6 heteroatoms. The molecule has 0 aliphatic heterocycles. The summed E-state index contributed by atoms with van der Waals surface area (Å²) < 4.78 is 6.01. The van der Waals surface area contributed by atoms with Crippen molar-refractivity contribution in [2.24, 2.45) is 0 Å². The van der Waals surface area contributed by atoms with Gasteiger partial charge in [0.25, 0.3) is 5.56 Å². The van der Waals surface area contributed by atoms with Gasteiger partial charge in [0.1, 0.15) is 11.2 Å². The quantitative estimate of drug-likeness (QED) is 0.832. The standard InChI is InChI=1S/C12H15N3O3/c1-4-18-12(17)8-6-13-10-5-9(7(2)3)14-15(10)11(8)16/h5-7,13H,4H2,1-3H3. The smallest absolute Gasteiger partial charge is 0.345 e. The molecule has 0 radical (unpaired) electrons. The predicted octanol–water partition coefficient (Wildman–Crippen LogP) is 1.32. The Kier molecular flexibility index (Phi) is 3.18. The van der Waals surface area contributed by atoms with Crippen molar-refractivity contribution in [2.45, 2.75) is 26.7 Å². The fourth-order valence-electron chi connectivity index (χ4n) is 1.62. The van der Waals surface area contributed by atoms with E-state index in [2.05, 4.69) is 10.1 Å². The molecule has 0 bridgehead atoms. The summed E-state index contributed by atoms with van der Waals surface area (Å²) in [4.78, 5) is 26.5. The second-order valence-electron chi connectivity index (χ2n) is 4.25. The fraction of sp³-hybridized carbons (Fsp3) is 0.417. The number of aromatic nitrogens is 3. The third kappa shape index (κ3) is 2.01. The molecule has 0 fully saturated rings. The van der Waals surface area contributed by atoms with Crippen LogP contribution in [0.3, 0.4) is 0 Å². The van der Waals surface area contributed by atoms with Crippen LogP contribution >= 0.6 is 0 Å². The maximum atomic E-state index is 12.1. The zero-order valence-corrected chi connectivity index (χ0v) is 10.6. The Morgan fingerprint density at radius 2 is 2.28 bits per heavy atom. The number of rotatable bonds is 3. The van der Waals surface area contributed by atoms with Gasteiger partial charge in [-0.3, -0.25) is 4.79 Å². The van der Waals surface area contributed by atoms with Crippen LogP contribution < -0.4 is 5.56 Å². The molecule has 0 aliphatic rings. The zero-order chi connectivity index (χ0) is 13.3. The molecular weight excluding hydrogens is 234 g/mol. The molecule has 0 amide bonds. The molecule has 0 atom stereocenters. The molecule has 96 valence electrons. The topological polar surface area (TPSA) is 76.5 Å². The summed E-state index contributed by atoms with van der Waals surface area (Å²) in [5.74, 6) is -0.425. The van der Waals surface area contributed by atoms with Crippen molar-refractivity contribution in [1.82, 2.24) is 14.6 Å². The van der Waals surface area contributed by atoms with Crippen LogP contribution in [-0.4, -0.2) is 27.2 Å². The Morgan fingerprint density at radius 3 is 2.89 bits per heavy atom. The first-order valence-corrected chi connectivity index (χ1v) is 5.83. The summed E-state index contributed by atoms with van der Waals surface area (Å²) in [6.07, 6.45) is 1.36. The Balaban J connectivity index is 2.57. The number of carbonyl (C=O) groups excluding carboxylic acids is 1. The molecule has 0 aromatic carbocycles. The minimum atomic E-state index is -0.637. The number of hydrogen-bond acceptors (Lipinski definition) is 4. The number of H-pyrrole nitrogens is 1. The molecule has 0 spiro atoms. The zero-order valence-electron chi connectivity index (χ0n) is 10.6. The number of esters is 1. The van der Waals surface area contributed by atoms with Gasteiger partial charge >= 0.3 is 5.97 Å². The van der Waals surface area contributed by atoms with Gasteiger partial charge in [0, 0.05) is 12.3 Å². The SMILES string of the molecule is CCOC(=O)c1c[nH]c2cc(C(C)C)nn2c1=O. The first-order valence-electron chi connectivity index (χ1n) is 5.83. The van der Waals surface area contributed by atoms with Crippen molar-refractivity contribution in [2.75, 3.05) is 6.61 Å². The molecule has 2 heterocycles. The summed E-state index contributed by atoms with van der Waals surface area (Å²) >= 11 is 0. The fourth-order valence-corrected chi connectivity index (χ4v) is 1.62. The van der Waals surface area contributed by atoms with Crippen LogP contribution in [0.15, 0.2) is 17.1 Å². The van der Waals surface area contributed by atoms with Crippen molar-refractivity contribution >= 4 is 11.6 Å². The van der Waals surface area contributed by atoms with Gasteiger partial charge in [0.05, 0.1) is 12.3 Å². The molecule has 1 N–H and O–H groups in total. The van der Waals surface area contributed by atoms with E-state index in [0.29, 0.717) is 5.65 Å². The van der Waals surface area contributed by atoms with E-state index in [-0.39, 0.29) is 18.1 Å². The number of ether oxygens (including phenoxy) is 1. The Hall–Kier alpha value is -2.11. The van der Waals surface area contributed by atoms with Gasteiger partial charge in [0.2, 0.25) is 0 Å². The molecule has 2 aromatic rings. The van der Waals surface area contributed by atoms with Crippen LogP contribution in [-0.2, 0) is 4.74 Å². The number of nitrogens with zero attached hydrogens (tertiary/aromatic N) is 2. The lowest BCUT2D eigenvalue weighted by atomic mass is 10.1. The normalized spacial score (nSPS) is 11.1. The third-order valence-corrected chi connectivity index (χ3v) is 2.60. The Labute approximate surface area is 104 Å². The van der Waals surface area contributed by atoms with Crippen molar-refractivity contribution in [3.63, 3.8) is 0 Å². The van der Waals surface area contributed by atoms with Crippen LogP contribution in [0, 0.1) is 0 Å². The molecule has 18 heavy (non-hydrogen) atoms. The molecule has 0 unspecified atom stereocenters. The van der Waals surface area contributed by atoms with Crippen molar-refractivity contribution < 1.29 is 9.53 Å². The minimum absolute atomic E-state index is 0.0391. The maximum absolute atomic E-state index is 12.1. The molecule has 0 saturated heterocycles. The lowest BCUT2D eigenvalue weighted by molar-refractivity contribution is 0.0523. The van der Waals surface area contributed by atoms with Crippen LogP contribution in [0.4, 0.5) is 0 Å². The molecule has 6 nitrogen and oxygen atoms in total. The van der Waals surface area contributed by atoms with Crippen LogP contribution in [0.2, 0.25) is 0 Å². The van der Waals surface area contributed by atoms with E-state index < -0.39 is 11.5 Å². The number of carbonyl (C=O) groups is 1. The lowest BCUT2D eigenvalue weighted by Gasteiger charge is -2.01. The number of fused-ring (bicyclic) bond motifs is 1. The summed E-state index contributed by atoms with van der Waals surface area (Å²) in [6.45, 7) is 5.89. The van der Waals surface area contributed by atoms with Crippen molar-refractivity contribution in [3.05, 3.63) is 33.9 Å². The second kappa shape index (κ2) is 4.64. The maximum Gasteiger partial charge on any atom is 0.345 e. The highest BCUT2D eigenvalue weighted by molar-refractivity contribution is 5.88. The number of aromatic amines is 1. The Bertz CT molecular complexity index is 640. The Morgan fingerprint density at radius 1 is 1.56 bits per heavy atom. The van der Waals surface area contributed by atoms with Gasteiger partial charge in [-0.15, -0.1) is 0 Å². The minimum Gasteiger partial charge on any atom is -0.462 e. The van der Waals surface area contributed by atoms with Crippen LogP contribution in [0.1, 0.15) is 42.7 Å². The second-order valence-corrected chi connectivity index (χ2v) is 4.25. The first kappa shape index (κ1) is 12.3. The highest BCUT2D eigenvalue weighted by Gasteiger charge is 2.16. The molecular formula is C12H15N3O3. The van der Waals surface area contributed by atoms with Gasteiger partial charge < -0.3 is 9.72 Å². The van der Waals surface area contributed by atoms with E-state index in [1.165, 1.54) is 10.7 Å². The van der Waals surface area contributed by atoms with E-state index in [4.69, 9.17) is 4.74 Å². The summed E-state index contributed by atoms with van der Waals surface area (Å²) in [5.41, 5.74) is 0.859. The van der Waals surface area contributed by atoms with Gasteiger partial charge in [-0.05, 0) is 12.8 Å².